The van der Waals surface area contributed by atoms with E-state index in [4.69, 9.17) is 15.5 Å². The van der Waals surface area contributed by atoms with E-state index < -0.39 is 0 Å². The first-order valence-corrected chi connectivity index (χ1v) is 8.02. The first kappa shape index (κ1) is 14.9. The molecular formula is C15H26N2OS. The monoisotopic (exact) mass is 282 g/mol. The number of nitrogens with zero attached hydrogens (tertiary/aromatic N) is 1. The van der Waals surface area contributed by atoms with Crippen LogP contribution in [0.15, 0.2) is 0 Å². The van der Waals surface area contributed by atoms with Gasteiger partial charge in [-0.25, -0.2) is 4.98 Å². The maximum Gasteiger partial charge on any atom is 0.122 e. The van der Waals surface area contributed by atoms with E-state index in [-0.39, 0.29) is 17.6 Å². The van der Waals surface area contributed by atoms with Gasteiger partial charge in [0.2, 0.25) is 0 Å². The molecule has 0 amide bonds. The van der Waals surface area contributed by atoms with Gasteiger partial charge in [0, 0.05) is 17.5 Å². The Kier molecular flexibility index (Phi) is 4.33. The number of fused-ring (bicyclic) bond motifs is 1. The molecule has 2 atom stereocenters. The van der Waals surface area contributed by atoms with Crippen molar-refractivity contribution in [2.75, 3.05) is 6.61 Å². The summed E-state index contributed by atoms with van der Waals surface area (Å²) in [6.45, 7) is 11.7. The zero-order valence-electron chi connectivity index (χ0n) is 12.7. The molecule has 1 aromatic rings. The number of hydrogen-bond donors (Lipinski definition) is 1. The third-order valence-corrected chi connectivity index (χ3v) is 4.99. The van der Waals surface area contributed by atoms with Crippen molar-refractivity contribution in [1.29, 1.82) is 0 Å². The van der Waals surface area contributed by atoms with Crippen LogP contribution in [-0.4, -0.2) is 11.6 Å². The first-order valence-electron chi connectivity index (χ1n) is 7.20. The standard InChI is InChI=1S/C15H26N2OS/c1-6-18-12(9(2)3)14-17-11-8-15(4,5)7-10(16)13(11)19-14/h9-10,12H,6-8,16H2,1-5H3. The number of rotatable bonds is 4. The molecule has 1 aliphatic carbocycles. The van der Waals surface area contributed by atoms with Crippen LogP contribution in [-0.2, 0) is 11.2 Å². The molecule has 0 fully saturated rings. The molecule has 0 bridgehead atoms. The van der Waals surface area contributed by atoms with Crippen LogP contribution in [0.1, 0.15) is 68.8 Å². The van der Waals surface area contributed by atoms with Gasteiger partial charge in [0.25, 0.3) is 0 Å². The second-order valence-electron chi connectivity index (χ2n) is 6.63. The molecule has 4 heteroatoms. The fourth-order valence-corrected chi connectivity index (χ4v) is 4.17. The quantitative estimate of drug-likeness (QED) is 0.912. The summed E-state index contributed by atoms with van der Waals surface area (Å²) in [6, 6.07) is 0.138. The topological polar surface area (TPSA) is 48.1 Å². The minimum absolute atomic E-state index is 0.107. The fraction of sp³-hybridized carbons (Fsp3) is 0.800. The van der Waals surface area contributed by atoms with Gasteiger partial charge in [0.05, 0.1) is 5.69 Å². The lowest BCUT2D eigenvalue weighted by molar-refractivity contribution is 0.0291. The fourth-order valence-electron chi connectivity index (χ4n) is 2.86. The Morgan fingerprint density at radius 1 is 1.47 bits per heavy atom. The van der Waals surface area contributed by atoms with Crippen molar-refractivity contribution in [3.63, 3.8) is 0 Å². The molecule has 0 saturated carbocycles. The summed E-state index contributed by atoms with van der Waals surface area (Å²) < 4.78 is 5.86. The molecule has 2 N–H and O–H groups in total. The SMILES string of the molecule is CCOC(c1nc2c(s1)C(N)CC(C)(C)C2)C(C)C. The van der Waals surface area contributed by atoms with Gasteiger partial charge >= 0.3 is 0 Å². The zero-order chi connectivity index (χ0) is 14.2. The normalized spacial score (nSPS) is 23.4. The maximum absolute atomic E-state index is 6.32. The van der Waals surface area contributed by atoms with Crippen molar-refractivity contribution in [2.45, 2.75) is 59.6 Å². The molecule has 1 aliphatic rings. The minimum Gasteiger partial charge on any atom is -0.371 e. The Hall–Kier alpha value is -0.450. The molecule has 0 saturated heterocycles. The van der Waals surface area contributed by atoms with Crippen LogP contribution < -0.4 is 5.73 Å². The van der Waals surface area contributed by atoms with E-state index in [0.717, 1.165) is 24.5 Å². The van der Waals surface area contributed by atoms with E-state index in [1.54, 1.807) is 11.3 Å². The molecule has 2 rings (SSSR count). The molecule has 1 heterocycles. The Bertz CT molecular complexity index is 439. The van der Waals surface area contributed by atoms with Crippen molar-refractivity contribution in [3.8, 4) is 0 Å². The second-order valence-corrected chi connectivity index (χ2v) is 7.70. The Morgan fingerprint density at radius 3 is 2.74 bits per heavy atom. The molecule has 108 valence electrons. The zero-order valence-corrected chi connectivity index (χ0v) is 13.5. The third kappa shape index (κ3) is 3.18. The minimum atomic E-state index is 0.107. The highest BCUT2D eigenvalue weighted by molar-refractivity contribution is 7.11. The molecule has 0 radical (unpaired) electrons. The number of thiazole rings is 1. The highest BCUT2D eigenvalue weighted by atomic mass is 32.1. The molecular weight excluding hydrogens is 256 g/mol. The van der Waals surface area contributed by atoms with Gasteiger partial charge in [-0.15, -0.1) is 11.3 Å². The summed E-state index contributed by atoms with van der Waals surface area (Å²) in [5.41, 5.74) is 7.78. The highest BCUT2D eigenvalue weighted by Crippen LogP contribution is 2.43. The molecule has 0 spiro atoms. The van der Waals surface area contributed by atoms with Crippen LogP contribution >= 0.6 is 11.3 Å². The summed E-state index contributed by atoms with van der Waals surface area (Å²) in [5.74, 6) is 0.441. The average Bonchev–Trinajstić information content (AvgIpc) is 2.67. The summed E-state index contributed by atoms with van der Waals surface area (Å²) in [7, 11) is 0. The highest BCUT2D eigenvalue weighted by Gasteiger charge is 2.34. The smallest absolute Gasteiger partial charge is 0.122 e. The predicted molar refractivity (Wildman–Crippen MR) is 80.3 cm³/mol. The number of aromatic nitrogens is 1. The number of nitrogens with two attached hydrogens (primary N) is 1. The lowest BCUT2D eigenvalue weighted by Crippen LogP contribution is -2.28. The van der Waals surface area contributed by atoms with Gasteiger partial charge in [-0.2, -0.15) is 0 Å². The summed E-state index contributed by atoms with van der Waals surface area (Å²) in [4.78, 5) is 6.13. The van der Waals surface area contributed by atoms with Crippen molar-refractivity contribution >= 4 is 11.3 Å². The van der Waals surface area contributed by atoms with Crippen molar-refractivity contribution in [2.24, 2.45) is 17.1 Å². The Morgan fingerprint density at radius 2 is 2.16 bits per heavy atom. The third-order valence-electron chi connectivity index (χ3n) is 3.69. The van der Waals surface area contributed by atoms with Crippen LogP contribution in [0.3, 0.4) is 0 Å². The Labute approximate surface area is 120 Å². The van der Waals surface area contributed by atoms with Crippen molar-refractivity contribution in [1.82, 2.24) is 4.98 Å². The van der Waals surface area contributed by atoms with Gasteiger partial charge in [0.1, 0.15) is 11.1 Å². The molecule has 1 aromatic heterocycles. The van der Waals surface area contributed by atoms with Gasteiger partial charge in [-0.05, 0) is 31.1 Å². The number of ether oxygens (including phenoxy) is 1. The van der Waals surface area contributed by atoms with Gasteiger partial charge < -0.3 is 10.5 Å². The van der Waals surface area contributed by atoms with Crippen LogP contribution in [0.2, 0.25) is 0 Å². The predicted octanol–water partition coefficient (Wildman–Crippen LogP) is 3.85. The van der Waals surface area contributed by atoms with Crippen molar-refractivity contribution < 1.29 is 4.74 Å². The second kappa shape index (κ2) is 5.51. The molecule has 2 unspecified atom stereocenters. The maximum atomic E-state index is 6.32. The van der Waals surface area contributed by atoms with Crippen molar-refractivity contribution in [3.05, 3.63) is 15.6 Å². The van der Waals surface area contributed by atoms with Crippen LogP contribution in [0, 0.1) is 11.3 Å². The van der Waals surface area contributed by atoms with Gasteiger partial charge in [-0.1, -0.05) is 27.7 Å². The van der Waals surface area contributed by atoms with Crippen LogP contribution in [0.4, 0.5) is 0 Å². The van der Waals surface area contributed by atoms with E-state index >= 15 is 0 Å². The molecule has 0 aliphatic heterocycles. The summed E-state index contributed by atoms with van der Waals surface area (Å²) in [6.07, 6.45) is 2.18. The molecule has 19 heavy (non-hydrogen) atoms. The number of hydrogen-bond acceptors (Lipinski definition) is 4. The molecule has 3 nitrogen and oxygen atoms in total. The van der Waals surface area contributed by atoms with E-state index in [2.05, 4.69) is 27.7 Å². The lowest BCUT2D eigenvalue weighted by atomic mass is 9.77. The van der Waals surface area contributed by atoms with E-state index in [1.165, 1.54) is 10.6 Å². The summed E-state index contributed by atoms with van der Waals surface area (Å²) in [5, 5.41) is 1.11. The van der Waals surface area contributed by atoms with Gasteiger partial charge in [0.15, 0.2) is 0 Å². The summed E-state index contributed by atoms with van der Waals surface area (Å²) >= 11 is 1.76. The van der Waals surface area contributed by atoms with Gasteiger partial charge in [-0.3, -0.25) is 0 Å². The largest absolute Gasteiger partial charge is 0.371 e. The van der Waals surface area contributed by atoms with Crippen LogP contribution in [0.5, 0.6) is 0 Å². The molecule has 0 aromatic carbocycles. The van der Waals surface area contributed by atoms with Crippen LogP contribution in [0.25, 0.3) is 0 Å². The lowest BCUT2D eigenvalue weighted by Gasteiger charge is -2.32. The first-order chi connectivity index (χ1) is 8.84. The average molecular weight is 282 g/mol. The van der Waals surface area contributed by atoms with E-state index in [0.29, 0.717) is 5.92 Å². The van der Waals surface area contributed by atoms with E-state index in [1.807, 2.05) is 6.92 Å². The van der Waals surface area contributed by atoms with E-state index in [9.17, 15) is 0 Å². The Balaban J connectivity index is 2.31.